The number of rotatable bonds is 4. The number of imidazole rings is 1. The molecule has 1 fully saturated rings. The van der Waals surface area contributed by atoms with Gasteiger partial charge in [-0.15, -0.1) is 0 Å². The molecule has 0 unspecified atom stereocenters. The molecule has 1 aliphatic heterocycles. The van der Waals surface area contributed by atoms with Crippen LogP contribution in [0.1, 0.15) is 48.1 Å². The summed E-state index contributed by atoms with van der Waals surface area (Å²) < 4.78 is 7.09. The van der Waals surface area contributed by atoms with Crippen LogP contribution in [-0.2, 0) is 11.3 Å². The minimum Gasteiger partial charge on any atom is -0.361 e. The number of hydrogen-bond acceptors (Lipinski definition) is 6. The number of aromatic nitrogens is 5. The molecule has 4 rings (SSSR count). The van der Waals surface area contributed by atoms with Crippen LogP contribution in [0.15, 0.2) is 29.3 Å². The van der Waals surface area contributed by atoms with Crippen molar-refractivity contribution in [3.05, 3.63) is 47.6 Å². The number of nitrogens with zero attached hydrogens (tertiary/aromatic N) is 6. The highest BCUT2D eigenvalue weighted by Gasteiger charge is 2.30. The number of piperidine rings is 1. The van der Waals surface area contributed by atoms with E-state index in [-0.39, 0.29) is 18.5 Å². The van der Waals surface area contributed by atoms with Gasteiger partial charge in [0.2, 0.25) is 5.91 Å². The molecule has 1 amide bonds. The van der Waals surface area contributed by atoms with Gasteiger partial charge in [-0.1, -0.05) is 5.16 Å². The lowest BCUT2D eigenvalue weighted by atomic mass is 9.98. The molecule has 1 atom stereocenters. The highest BCUT2D eigenvalue weighted by atomic mass is 16.5. The Morgan fingerprint density at radius 3 is 2.82 bits per heavy atom. The van der Waals surface area contributed by atoms with Gasteiger partial charge in [-0.2, -0.15) is 0 Å². The molecule has 0 bridgehead atoms. The second kappa shape index (κ2) is 7.53. The van der Waals surface area contributed by atoms with Crippen molar-refractivity contribution in [1.82, 2.24) is 29.6 Å². The van der Waals surface area contributed by atoms with Crippen LogP contribution < -0.4 is 0 Å². The highest BCUT2D eigenvalue weighted by Crippen LogP contribution is 2.32. The van der Waals surface area contributed by atoms with Gasteiger partial charge in [-0.3, -0.25) is 4.79 Å². The van der Waals surface area contributed by atoms with Crippen LogP contribution in [0, 0.1) is 20.8 Å². The minimum absolute atomic E-state index is 0.0503. The van der Waals surface area contributed by atoms with Crippen LogP contribution in [0.3, 0.4) is 0 Å². The van der Waals surface area contributed by atoms with E-state index >= 15 is 0 Å². The molecule has 146 valence electrons. The van der Waals surface area contributed by atoms with Gasteiger partial charge in [-0.05, 0) is 46.1 Å². The lowest BCUT2D eigenvalue weighted by Gasteiger charge is -2.35. The lowest BCUT2D eigenvalue weighted by Crippen LogP contribution is -2.40. The molecule has 4 heterocycles. The Balaban J connectivity index is 1.67. The van der Waals surface area contributed by atoms with Crippen LogP contribution in [0.4, 0.5) is 0 Å². The number of carbonyl (C=O) groups is 1. The molecule has 3 aromatic heterocycles. The van der Waals surface area contributed by atoms with E-state index in [0.29, 0.717) is 11.6 Å². The van der Waals surface area contributed by atoms with Crippen LogP contribution in [0.5, 0.6) is 0 Å². The van der Waals surface area contributed by atoms with Crippen LogP contribution >= 0.6 is 0 Å². The molecule has 0 spiro atoms. The smallest absolute Gasteiger partial charge is 0.243 e. The monoisotopic (exact) mass is 380 g/mol. The lowest BCUT2D eigenvalue weighted by molar-refractivity contribution is -0.135. The SMILES string of the molecule is Cc1cc([C@H]2CCCCN2C(=O)Cn2ccnc2)nc(-c2c(C)noc2C)n1. The maximum absolute atomic E-state index is 13.0. The zero-order valence-corrected chi connectivity index (χ0v) is 16.4. The largest absolute Gasteiger partial charge is 0.361 e. The van der Waals surface area contributed by atoms with E-state index in [1.165, 1.54) is 0 Å². The van der Waals surface area contributed by atoms with E-state index < -0.39 is 0 Å². The Morgan fingerprint density at radius 1 is 1.25 bits per heavy atom. The summed E-state index contributed by atoms with van der Waals surface area (Å²) in [4.78, 5) is 28.4. The average Bonchev–Trinajstić information content (AvgIpc) is 3.30. The number of likely N-dealkylation sites (tertiary alicyclic amines) is 1. The molecule has 28 heavy (non-hydrogen) atoms. The third-order valence-electron chi connectivity index (χ3n) is 5.17. The number of amides is 1. The Kier molecular flexibility index (Phi) is 4.93. The summed E-state index contributed by atoms with van der Waals surface area (Å²) in [5.41, 5.74) is 3.34. The molecule has 8 nitrogen and oxygen atoms in total. The Hall–Kier alpha value is -3.03. The van der Waals surface area contributed by atoms with Crippen LogP contribution in [0.25, 0.3) is 11.4 Å². The second-order valence-corrected chi connectivity index (χ2v) is 7.29. The molecule has 0 radical (unpaired) electrons. The molecular weight excluding hydrogens is 356 g/mol. The number of aryl methyl sites for hydroxylation is 3. The predicted molar refractivity (Wildman–Crippen MR) is 102 cm³/mol. The van der Waals surface area contributed by atoms with Crippen molar-refractivity contribution in [2.24, 2.45) is 0 Å². The first kappa shape index (κ1) is 18.3. The minimum atomic E-state index is -0.0503. The van der Waals surface area contributed by atoms with Crippen molar-refractivity contribution in [2.75, 3.05) is 6.54 Å². The number of hydrogen-bond donors (Lipinski definition) is 0. The van der Waals surface area contributed by atoms with Gasteiger partial charge in [-0.25, -0.2) is 15.0 Å². The summed E-state index contributed by atoms with van der Waals surface area (Å²) in [5.74, 6) is 1.39. The molecule has 8 heteroatoms. The zero-order valence-electron chi connectivity index (χ0n) is 16.4. The van der Waals surface area contributed by atoms with Crippen LogP contribution in [0.2, 0.25) is 0 Å². The van der Waals surface area contributed by atoms with Gasteiger partial charge in [0, 0.05) is 24.6 Å². The summed E-state index contributed by atoms with van der Waals surface area (Å²) in [6.07, 6.45) is 8.14. The van der Waals surface area contributed by atoms with Gasteiger partial charge >= 0.3 is 0 Å². The first-order chi connectivity index (χ1) is 13.5. The third kappa shape index (κ3) is 3.54. The average molecular weight is 380 g/mol. The zero-order chi connectivity index (χ0) is 19.7. The second-order valence-electron chi connectivity index (χ2n) is 7.29. The standard InChI is InChI=1S/C20H24N6O2/c1-13-10-16(23-20(22-13)19-14(2)24-28-15(19)3)17-6-4-5-8-26(17)18(27)11-25-9-7-21-12-25/h7,9-10,12,17H,4-6,8,11H2,1-3H3/t17-/m1/s1. The van der Waals surface area contributed by atoms with Gasteiger partial charge in [0.25, 0.3) is 0 Å². The third-order valence-corrected chi connectivity index (χ3v) is 5.17. The van der Waals surface area contributed by atoms with Gasteiger partial charge in [0.15, 0.2) is 5.82 Å². The molecule has 3 aromatic rings. The predicted octanol–water partition coefficient (Wildman–Crippen LogP) is 3.01. The molecule has 0 aliphatic carbocycles. The van der Waals surface area contributed by atoms with E-state index in [0.717, 1.165) is 48.5 Å². The molecule has 0 aromatic carbocycles. The fourth-order valence-electron chi connectivity index (χ4n) is 3.84. The van der Waals surface area contributed by atoms with E-state index in [9.17, 15) is 4.79 Å². The van der Waals surface area contributed by atoms with E-state index in [4.69, 9.17) is 9.51 Å². The van der Waals surface area contributed by atoms with E-state index in [1.807, 2.05) is 31.7 Å². The molecular formula is C20H24N6O2. The number of carbonyl (C=O) groups excluding carboxylic acids is 1. The fraction of sp³-hybridized carbons (Fsp3) is 0.450. The summed E-state index contributed by atoms with van der Waals surface area (Å²) >= 11 is 0. The van der Waals surface area contributed by atoms with Crippen LogP contribution in [-0.4, -0.2) is 42.0 Å². The summed E-state index contributed by atoms with van der Waals surface area (Å²) in [5, 5.41) is 4.02. The van der Waals surface area contributed by atoms with Crippen molar-refractivity contribution < 1.29 is 9.32 Å². The first-order valence-corrected chi connectivity index (χ1v) is 9.57. The quantitative estimate of drug-likeness (QED) is 0.691. The molecule has 0 N–H and O–H groups in total. The van der Waals surface area contributed by atoms with E-state index in [2.05, 4.69) is 15.1 Å². The van der Waals surface area contributed by atoms with E-state index in [1.54, 1.807) is 23.3 Å². The Labute approximate surface area is 163 Å². The summed E-state index contributed by atoms with van der Waals surface area (Å²) in [6.45, 7) is 6.73. The maximum Gasteiger partial charge on any atom is 0.243 e. The van der Waals surface area contributed by atoms with Crippen molar-refractivity contribution in [3.63, 3.8) is 0 Å². The van der Waals surface area contributed by atoms with Crippen molar-refractivity contribution in [2.45, 2.75) is 52.6 Å². The van der Waals surface area contributed by atoms with Crippen molar-refractivity contribution in [3.8, 4) is 11.4 Å². The molecule has 1 saturated heterocycles. The fourth-order valence-corrected chi connectivity index (χ4v) is 3.84. The van der Waals surface area contributed by atoms with Crippen molar-refractivity contribution in [1.29, 1.82) is 0 Å². The normalized spacial score (nSPS) is 17.1. The topological polar surface area (TPSA) is 89.9 Å². The highest BCUT2D eigenvalue weighted by molar-refractivity contribution is 5.76. The summed E-state index contributed by atoms with van der Waals surface area (Å²) in [6, 6.07) is 1.93. The maximum atomic E-state index is 13.0. The van der Waals surface area contributed by atoms with Gasteiger partial charge in [0.1, 0.15) is 12.3 Å². The Morgan fingerprint density at radius 2 is 2.11 bits per heavy atom. The van der Waals surface area contributed by atoms with Gasteiger partial charge in [0.05, 0.1) is 29.3 Å². The summed E-state index contributed by atoms with van der Waals surface area (Å²) in [7, 11) is 0. The van der Waals surface area contributed by atoms with Gasteiger partial charge < -0.3 is 14.0 Å². The van der Waals surface area contributed by atoms with Crippen molar-refractivity contribution >= 4 is 5.91 Å². The molecule has 0 saturated carbocycles. The Bertz CT molecular complexity index is 959. The molecule has 1 aliphatic rings. The first-order valence-electron chi connectivity index (χ1n) is 9.57.